The van der Waals surface area contributed by atoms with Gasteiger partial charge in [0.2, 0.25) is 0 Å². The van der Waals surface area contributed by atoms with Crippen molar-refractivity contribution in [1.82, 2.24) is 20.0 Å². The lowest BCUT2D eigenvalue weighted by atomic mass is 10.0. The van der Waals surface area contributed by atoms with Crippen molar-refractivity contribution in [2.75, 3.05) is 33.3 Å². The quantitative estimate of drug-likeness (QED) is 0.684. The smallest absolute Gasteiger partial charge is 0.193 e. The van der Waals surface area contributed by atoms with E-state index in [-0.39, 0.29) is 6.10 Å². The highest BCUT2D eigenvalue weighted by molar-refractivity contribution is 5.80. The maximum absolute atomic E-state index is 5.92. The van der Waals surface area contributed by atoms with E-state index in [1.165, 1.54) is 5.56 Å². The first-order valence-electron chi connectivity index (χ1n) is 8.78. The fourth-order valence-electron chi connectivity index (χ4n) is 3.13. The van der Waals surface area contributed by atoms with E-state index in [4.69, 9.17) is 4.74 Å². The number of benzene rings is 1. The van der Waals surface area contributed by atoms with Crippen LogP contribution in [0.25, 0.3) is 0 Å². The Morgan fingerprint density at radius 3 is 2.88 bits per heavy atom. The van der Waals surface area contributed by atoms with Crippen LogP contribution < -0.4 is 5.32 Å². The zero-order chi connectivity index (χ0) is 17.6. The Morgan fingerprint density at radius 1 is 1.40 bits per heavy atom. The Labute approximate surface area is 149 Å². The van der Waals surface area contributed by atoms with Crippen LogP contribution in [0, 0.1) is 0 Å². The number of nitrogens with one attached hydrogen (secondary N) is 1. The number of morpholine rings is 1. The standard InChI is InChI=1S/C19H27N5O/c1-15(16-7-5-4-6-8-16)11-21-19(20-2)24-9-10-25-18(14-24)17-12-22-23(3)13-17/h4-8,12-13,15,18H,9-11,14H2,1-3H3,(H,20,21). The van der Waals surface area contributed by atoms with E-state index in [0.29, 0.717) is 12.5 Å². The van der Waals surface area contributed by atoms with E-state index in [1.54, 1.807) is 0 Å². The molecule has 1 fully saturated rings. The second-order valence-corrected chi connectivity index (χ2v) is 6.49. The third-order valence-corrected chi connectivity index (χ3v) is 4.61. The first-order valence-corrected chi connectivity index (χ1v) is 8.78. The lowest BCUT2D eigenvalue weighted by molar-refractivity contribution is -0.00803. The van der Waals surface area contributed by atoms with Crippen molar-refractivity contribution >= 4 is 5.96 Å². The van der Waals surface area contributed by atoms with Gasteiger partial charge in [-0.15, -0.1) is 0 Å². The number of guanidine groups is 1. The van der Waals surface area contributed by atoms with Gasteiger partial charge in [0.25, 0.3) is 0 Å². The van der Waals surface area contributed by atoms with Gasteiger partial charge in [-0.05, 0) is 11.5 Å². The minimum absolute atomic E-state index is 0.0348. The van der Waals surface area contributed by atoms with E-state index < -0.39 is 0 Å². The molecule has 3 rings (SSSR count). The molecule has 0 radical (unpaired) electrons. The summed E-state index contributed by atoms with van der Waals surface area (Å²) < 4.78 is 7.73. The summed E-state index contributed by atoms with van der Waals surface area (Å²) in [6.45, 7) is 5.40. The molecule has 0 spiro atoms. The van der Waals surface area contributed by atoms with E-state index in [9.17, 15) is 0 Å². The summed E-state index contributed by atoms with van der Waals surface area (Å²) in [6.07, 6.45) is 3.93. The van der Waals surface area contributed by atoms with Gasteiger partial charge in [0.05, 0.1) is 19.3 Å². The van der Waals surface area contributed by atoms with Gasteiger partial charge in [-0.2, -0.15) is 5.10 Å². The zero-order valence-electron chi connectivity index (χ0n) is 15.2. The van der Waals surface area contributed by atoms with Crippen molar-refractivity contribution in [2.45, 2.75) is 18.9 Å². The Bertz CT molecular complexity index is 697. The molecule has 25 heavy (non-hydrogen) atoms. The van der Waals surface area contributed by atoms with Crippen LogP contribution in [-0.4, -0.2) is 53.9 Å². The molecular weight excluding hydrogens is 314 g/mol. The monoisotopic (exact) mass is 341 g/mol. The number of aromatic nitrogens is 2. The summed E-state index contributed by atoms with van der Waals surface area (Å²) in [5, 5.41) is 7.76. The summed E-state index contributed by atoms with van der Waals surface area (Å²) in [5.41, 5.74) is 2.45. The topological polar surface area (TPSA) is 54.7 Å². The van der Waals surface area contributed by atoms with Gasteiger partial charge in [-0.3, -0.25) is 9.67 Å². The highest BCUT2D eigenvalue weighted by Gasteiger charge is 2.25. The number of hydrogen-bond acceptors (Lipinski definition) is 3. The fourth-order valence-corrected chi connectivity index (χ4v) is 3.13. The highest BCUT2D eigenvalue weighted by Crippen LogP contribution is 2.21. The summed E-state index contributed by atoms with van der Waals surface area (Å²) in [7, 11) is 3.76. The van der Waals surface area contributed by atoms with Gasteiger partial charge in [-0.1, -0.05) is 37.3 Å². The molecule has 134 valence electrons. The maximum Gasteiger partial charge on any atom is 0.193 e. The molecule has 0 aliphatic carbocycles. The van der Waals surface area contributed by atoms with E-state index in [0.717, 1.165) is 31.2 Å². The van der Waals surface area contributed by atoms with Gasteiger partial charge in [0.15, 0.2) is 5.96 Å². The van der Waals surface area contributed by atoms with Crippen molar-refractivity contribution in [2.24, 2.45) is 12.0 Å². The molecule has 2 aromatic rings. The third kappa shape index (κ3) is 4.39. The second kappa shape index (κ2) is 8.16. The van der Waals surface area contributed by atoms with Crippen LogP contribution in [0.15, 0.2) is 47.7 Å². The third-order valence-electron chi connectivity index (χ3n) is 4.61. The Hall–Kier alpha value is -2.34. The van der Waals surface area contributed by atoms with Crippen LogP contribution in [0.1, 0.15) is 30.1 Å². The normalized spacial score (nSPS) is 19.7. The molecular formula is C19H27N5O. The summed E-state index contributed by atoms with van der Waals surface area (Å²) in [4.78, 5) is 6.73. The van der Waals surface area contributed by atoms with Crippen LogP contribution in [0.2, 0.25) is 0 Å². The van der Waals surface area contributed by atoms with E-state index in [2.05, 4.69) is 57.6 Å². The first-order chi connectivity index (χ1) is 12.2. The minimum atomic E-state index is 0.0348. The molecule has 1 N–H and O–H groups in total. The van der Waals surface area contributed by atoms with Crippen LogP contribution in [-0.2, 0) is 11.8 Å². The number of hydrogen-bond donors (Lipinski definition) is 1. The first kappa shape index (κ1) is 17.5. The number of aryl methyl sites for hydroxylation is 1. The number of rotatable bonds is 4. The second-order valence-electron chi connectivity index (χ2n) is 6.49. The van der Waals surface area contributed by atoms with Gasteiger partial charge < -0.3 is 15.0 Å². The van der Waals surface area contributed by atoms with Crippen molar-refractivity contribution in [3.63, 3.8) is 0 Å². The van der Waals surface area contributed by atoms with Gasteiger partial charge >= 0.3 is 0 Å². The molecule has 0 saturated carbocycles. The highest BCUT2D eigenvalue weighted by atomic mass is 16.5. The number of aliphatic imine (C=N–C) groups is 1. The fraction of sp³-hybridized carbons (Fsp3) is 0.474. The molecule has 2 atom stereocenters. The lowest BCUT2D eigenvalue weighted by Crippen LogP contribution is -2.48. The molecule has 1 aromatic heterocycles. The average Bonchev–Trinajstić information content (AvgIpc) is 3.09. The van der Waals surface area contributed by atoms with Crippen LogP contribution in [0.3, 0.4) is 0 Å². The Kier molecular flexibility index (Phi) is 5.71. The predicted molar refractivity (Wildman–Crippen MR) is 99.7 cm³/mol. The number of ether oxygens (including phenoxy) is 1. The SMILES string of the molecule is CN=C(NCC(C)c1ccccc1)N1CCOC(c2cnn(C)c2)C1. The molecule has 1 aliphatic heterocycles. The Morgan fingerprint density at radius 2 is 2.20 bits per heavy atom. The van der Waals surface area contributed by atoms with E-state index in [1.807, 2.05) is 31.2 Å². The summed E-state index contributed by atoms with van der Waals surface area (Å²) >= 11 is 0. The van der Waals surface area contributed by atoms with Crippen molar-refractivity contribution in [3.8, 4) is 0 Å². The maximum atomic E-state index is 5.92. The van der Waals surface area contributed by atoms with Crippen molar-refractivity contribution in [3.05, 3.63) is 53.9 Å². The number of nitrogens with zero attached hydrogens (tertiary/aromatic N) is 4. The van der Waals surface area contributed by atoms with Crippen molar-refractivity contribution < 1.29 is 4.74 Å². The van der Waals surface area contributed by atoms with Gasteiger partial charge in [-0.25, -0.2) is 0 Å². The Balaban J connectivity index is 1.59. The average molecular weight is 341 g/mol. The molecule has 6 nitrogen and oxygen atoms in total. The molecule has 2 unspecified atom stereocenters. The lowest BCUT2D eigenvalue weighted by Gasteiger charge is -2.35. The molecule has 1 aromatic carbocycles. The summed E-state index contributed by atoms with van der Waals surface area (Å²) in [6, 6.07) is 10.6. The predicted octanol–water partition coefficient (Wildman–Crippen LogP) is 2.17. The molecule has 1 aliphatic rings. The molecule has 1 saturated heterocycles. The van der Waals surface area contributed by atoms with Crippen LogP contribution in [0.4, 0.5) is 0 Å². The van der Waals surface area contributed by atoms with Crippen LogP contribution >= 0.6 is 0 Å². The van der Waals surface area contributed by atoms with Gasteiger partial charge in [0, 0.05) is 38.9 Å². The molecule has 0 bridgehead atoms. The zero-order valence-corrected chi connectivity index (χ0v) is 15.2. The molecule has 6 heteroatoms. The largest absolute Gasteiger partial charge is 0.370 e. The van der Waals surface area contributed by atoms with Crippen molar-refractivity contribution in [1.29, 1.82) is 0 Å². The minimum Gasteiger partial charge on any atom is -0.370 e. The van der Waals surface area contributed by atoms with E-state index >= 15 is 0 Å². The van der Waals surface area contributed by atoms with Gasteiger partial charge in [0.1, 0.15) is 6.10 Å². The molecule has 2 heterocycles. The molecule has 0 amide bonds. The summed E-state index contributed by atoms with van der Waals surface area (Å²) in [5.74, 6) is 1.35. The van der Waals surface area contributed by atoms with Crippen LogP contribution in [0.5, 0.6) is 0 Å².